The number of thiazole rings is 1. The molecule has 2 amide bonds. The Labute approximate surface area is 201 Å². The van der Waals surface area contributed by atoms with Crippen LogP contribution in [0.4, 0.5) is 10.8 Å². The van der Waals surface area contributed by atoms with Crippen molar-refractivity contribution in [2.45, 2.75) is 25.4 Å². The number of rotatable bonds is 7. The van der Waals surface area contributed by atoms with E-state index in [2.05, 4.69) is 15.2 Å². The smallest absolute Gasteiger partial charge is 0.274 e. The van der Waals surface area contributed by atoms with E-state index in [1.54, 1.807) is 30.6 Å². The Bertz CT molecular complexity index is 1300. The van der Waals surface area contributed by atoms with Gasteiger partial charge in [0.25, 0.3) is 5.91 Å². The molecule has 9 heteroatoms. The number of aromatic nitrogens is 3. The van der Waals surface area contributed by atoms with Gasteiger partial charge >= 0.3 is 0 Å². The van der Waals surface area contributed by atoms with E-state index < -0.39 is 5.91 Å². The standard InChI is InChI=1S/C25H24N6O2S/c26-23(32)18-5-7-19(8-6-18)31-14-2-3-21(31)20-16-34-25(28-20)29-24(33)22-4-1-13-30(22)15-17-9-11-27-12-10-17/h1,4-13,16,21H,2-3,14-15H2,(H2,26,32)(H,28,29,33)/t21-/m1/s1. The molecule has 1 saturated heterocycles. The summed E-state index contributed by atoms with van der Waals surface area (Å²) in [5.74, 6) is -0.624. The average Bonchev–Trinajstić information content (AvgIpc) is 3.60. The Kier molecular flexibility index (Phi) is 6.09. The van der Waals surface area contributed by atoms with Gasteiger partial charge in [-0.05, 0) is 66.9 Å². The molecular weight excluding hydrogens is 448 g/mol. The van der Waals surface area contributed by atoms with E-state index in [0.717, 1.165) is 36.3 Å². The lowest BCUT2D eigenvalue weighted by atomic mass is 10.1. The van der Waals surface area contributed by atoms with Crippen molar-refractivity contribution in [2.75, 3.05) is 16.8 Å². The van der Waals surface area contributed by atoms with Crippen LogP contribution in [-0.2, 0) is 6.54 Å². The van der Waals surface area contributed by atoms with E-state index >= 15 is 0 Å². The van der Waals surface area contributed by atoms with Crippen molar-refractivity contribution in [1.29, 1.82) is 0 Å². The maximum Gasteiger partial charge on any atom is 0.274 e. The Balaban J connectivity index is 1.28. The monoisotopic (exact) mass is 472 g/mol. The first-order valence-electron chi connectivity index (χ1n) is 11.1. The number of nitrogens with one attached hydrogen (secondary N) is 1. The van der Waals surface area contributed by atoms with Crippen molar-refractivity contribution in [3.05, 3.63) is 95.0 Å². The number of amides is 2. The van der Waals surface area contributed by atoms with E-state index in [9.17, 15) is 9.59 Å². The third kappa shape index (κ3) is 4.55. The van der Waals surface area contributed by atoms with Crippen LogP contribution in [0.1, 0.15) is 51.0 Å². The molecule has 3 N–H and O–H groups in total. The van der Waals surface area contributed by atoms with Crippen molar-refractivity contribution in [2.24, 2.45) is 5.73 Å². The lowest BCUT2D eigenvalue weighted by Crippen LogP contribution is -2.23. The molecular formula is C25H24N6O2S. The maximum absolute atomic E-state index is 13.0. The first-order valence-corrected chi connectivity index (χ1v) is 11.9. The molecule has 172 valence electrons. The fraction of sp³-hybridized carbons (Fsp3) is 0.200. The zero-order valence-corrected chi connectivity index (χ0v) is 19.2. The molecule has 0 spiro atoms. The Hall–Kier alpha value is -3.98. The summed E-state index contributed by atoms with van der Waals surface area (Å²) in [5.41, 5.74) is 9.46. The number of benzene rings is 1. The Morgan fingerprint density at radius 1 is 1.12 bits per heavy atom. The van der Waals surface area contributed by atoms with E-state index in [1.165, 1.54) is 11.3 Å². The normalized spacial score (nSPS) is 15.4. The summed E-state index contributed by atoms with van der Waals surface area (Å²) in [4.78, 5) is 35.4. The summed E-state index contributed by atoms with van der Waals surface area (Å²) in [6, 6.07) is 15.0. The Morgan fingerprint density at radius 2 is 1.91 bits per heavy atom. The molecule has 4 aromatic rings. The van der Waals surface area contributed by atoms with Crippen LogP contribution < -0.4 is 16.0 Å². The zero-order chi connectivity index (χ0) is 23.5. The molecule has 1 atom stereocenters. The van der Waals surface area contributed by atoms with Crippen LogP contribution in [-0.4, -0.2) is 32.9 Å². The largest absolute Gasteiger partial charge is 0.366 e. The van der Waals surface area contributed by atoms with Crippen molar-refractivity contribution < 1.29 is 9.59 Å². The molecule has 8 nitrogen and oxygen atoms in total. The third-order valence-electron chi connectivity index (χ3n) is 5.98. The number of carbonyl (C=O) groups is 2. The van der Waals surface area contributed by atoms with Crippen LogP contribution in [0.2, 0.25) is 0 Å². The minimum absolute atomic E-state index is 0.122. The summed E-state index contributed by atoms with van der Waals surface area (Å²) in [6.45, 7) is 1.50. The van der Waals surface area contributed by atoms with Crippen molar-refractivity contribution >= 4 is 34.0 Å². The number of hydrogen-bond donors (Lipinski definition) is 2. The van der Waals surface area contributed by atoms with Crippen molar-refractivity contribution in [3.63, 3.8) is 0 Å². The second-order valence-corrected chi connectivity index (χ2v) is 9.03. The van der Waals surface area contributed by atoms with Gasteiger partial charge in [-0.25, -0.2) is 4.98 Å². The van der Waals surface area contributed by atoms with E-state index in [4.69, 9.17) is 10.7 Å². The van der Waals surface area contributed by atoms with Crippen LogP contribution in [0.15, 0.2) is 72.5 Å². The predicted molar refractivity (Wildman–Crippen MR) is 132 cm³/mol. The number of hydrogen-bond acceptors (Lipinski definition) is 6. The molecule has 1 aromatic carbocycles. The lowest BCUT2D eigenvalue weighted by Gasteiger charge is -2.25. The average molecular weight is 473 g/mol. The number of anilines is 2. The van der Waals surface area contributed by atoms with Crippen molar-refractivity contribution in [3.8, 4) is 0 Å². The first-order chi connectivity index (χ1) is 16.6. The van der Waals surface area contributed by atoms with Gasteiger partial charge in [-0.3, -0.25) is 19.9 Å². The highest BCUT2D eigenvalue weighted by Gasteiger charge is 2.28. The molecule has 5 rings (SSSR count). The van der Waals surface area contributed by atoms with Gasteiger partial charge in [-0.15, -0.1) is 11.3 Å². The summed E-state index contributed by atoms with van der Waals surface area (Å²) >= 11 is 1.43. The molecule has 3 aromatic heterocycles. The van der Waals surface area contributed by atoms with Gasteiger partial charge in [0, 0.05) is 48.3 Å². The third-order valence-corrected chi connectivity index (χ3v) is 6.76. The quantitative estimate of drug-likeness (QED) is 0.422. The summed E-state index contributed by atoms with van der Waals surface area (Å²) in [6.07, 6.45) is 7.40. The minimum atomic E-state index is -0.434. The van der Waals surface area contributed by atoms with Gasteiger partial charge in [0.2, 0.25) is 5.91 Å². The molecule has 4 heterocycles. The Morgan fingerprint density at radius 3 is 2.68 bits per heavy atom. The first kappa shape index (κ1) is 21.8. The molecule has 1 aliphatic rings. The highest BCUT2D eigenvalue weighted by Crippen LogP contribution is 2.37. The van der Waals surface area contributed by atoms with Gasteiger partial charge < -0.3 is 15.2 Å². The topological polar surface area (TPSA) is 106 Å². The van der Waals surface area contributed by atoms with Gasteiger partial charge in [0.1, 0.15) is 5.69 Å². The van der Waals surface area contributed by atoms with Crippen molar-refractivity contribution in [1.82, 2.24) is 14.5 Å². The number of nitrogens with two attached hydrogens (primary N) is 1. The molecule has 0 saturated carbocycles. The molecule has 0 aliphatic carbocycles. The van der Waals surface area contributed by atoms with Crippen LogP contribution >= 0.6 is 11.3 Å². The minimum Gasteiger partial charge on any atom is -0.366 e. The van der Waals surface area contributed by atoms with Crippen LogP contribution in [0.3, 0.4) is 0 Å². The molecule has 0 bridgehead atoms. The van der Waals surface area contributed by atoms with Crippen LogP contribution in [0, 0.1) is 0 Å². The van der Waals surface area contributed by atoms with Crippen LogP contribution in [0.25, 0.3) is 0 Å². The highest BCUT2D eigenvalue weighted by molar-refractivity contribution is 7.14. The van der Waals surface area contributed by atoms with E-state index in [1.807, 2.05) is 46.5 Å². The molecule has 0 unspecified atom stereocenters. The zero-order valence-electron chi connectivity index (χ0n) is 18.4. The predicted octanol–water partition coefficient (Wildman–Crippen LogP) is 4.08. The van der Waals surface area contributed by atoms with Gasteiger partial charge in [0.15, 0.2) is 5.13 Å². The number of primary amides is 1. The fourth-order valence-electron chi connectivity index (χ4n) is 4.30. The maximum atomic E-state index is 13.0. The molecule has 0 radical (unpaired) electrons. The number of pyridine rings is 1. The van der Waals surface area contributed by atoms with Crippen LogP contribution in [0.5, 0.6) is 0 Å². The second kappa shape index (κ2) is 9.48. The van der Waals surface area contributed by atoms with Gasteiger partial charge in [-0.1, -0.05) is 0 Å². The molecule has 34 heavy (non-hydrogen) atoms. The van der Waals surface area contributed by atoms with E-state index in [0.29, 0.717) is 22.9 Å². The number of carbonyl (C=O) groups excluding carboxylic acids is 2. The lowest BCUT2D eigenvalue weighted by molar-refractivity contribution is 0.0996. The van der Waals surface area contributed by atoms with Gasteiger partial charge in [-0.2, -0.15) is 0 Å². The number of nitrogens with zero attached hydrogens (tertiary/aromatic N) is 4. The second-order valence-electron chi connectivity index (χ2n) is 8.17. The molecule has 1 aliphatic heterocycles. The summed E-state index contributed by atoms with van der Waals surface area (Å²) < 4.78 is 1.91. The summed E-state index contributed by atoms with van der Waals surface area (Å²) in [7, 11) is 0. The molecule has 1 fully saturated rings. The highest BCUT2D eigenvalue weighted by atomic mass is 32.1. The summed E-state index contributed by atoms with van der Waals surface area (Å²) in [5, 5.41) is 5.54. The fourth-order valence-corrected chi connectivity index (χ4v) is 5.05. The van der Waals surface area contributed by atoms with Gasteiger partial charge in [0.05, 0.1) is 11.7 Å². The SMILES string of the molecule is NC(=O)c1ccc(N2CCC[C@@H]2c2csc(NC(=O)c3cccn3Cc3ccncc3)n2)cc1. The van der Waals surface area contributed by atoms with E-state index in [-0.39, 0.29) is 11.9 Å².